The fourth-order valence-corrected chi connectivity index (χ4v) is 4.61. The summed E-state index contributed by atoms with van der Waals surface area (Å²) < 4.78 is 16.2. The normalized spacial score (nSPS) is 18.1. The molecule has 1 saturated heterocycles. The average Bonchev–Trinajstić information content (AvgIpc) is 2.89. The second kappa shape index (κ2) is 11.9. The van der Waals surface area contributed by atoms with Crippen molar-refractivity contribution in [2.45, 2.75) is 19.5 Å². The zero-order valence-electron chi connectivity index (χ0n) is 21.1. The lowest BCUT2D eigenvalue weighted by Gasteiger charge is -2.33. The molecular weight excluding hydrogens is 460 g/mol. The van der Waals surface area contributed by atoms with Crippen LogP contribution >= 0.6 is 0 Å². The second-order valence-corrected chi connectivity index (χ2v) is 8.82. The second-order valence-electron chi connectivity index (χ2n) is 8.82. The number of nitrogens with one attached hydrogen (secondary N) is 2. The number of anilines is 1. The molecule has 2 aromatic carbocycles. The summed E-state index contributed by atoms with van der Waals surface area (Å²) in [4.78, 5) is 30.1. The molecule has 2 aliphatic heterocycles. The van der Waals surface area contributed by atoms with E-state index in [0.717, 1.165) is 18.7 Å². The number of hydrogen-bond donors (Lipinski definition) is 2. The van der Waals surface area contributed by atoms with E-state index < -0.39 is 12.0 Å². The van der Waals surface area contributed by atoms with E-state index in [-0.39, 0.29) is 12.6 Å². The maximum Gasteiger partial charge on any atom is 0.338 e. The topological polar surface area (TPSA) is 92.4 Å². The summed E-state index contributed by atoms with van der Waals surface area (Å²) >= 11 is 0. The fourth-order valence-electron chi connectivity index (χ4n) is 4.61. The number of rotatable bonds is 9. The summed E-state index contributed by atoms with van der Waals surface area (Å²) in [6, 6.07) is 14.6. The molecule has 192 valence electrons. The number of morpholine rings is 1. The molecule has 0 unspecified atom stereocenters. The van der Waals surface area contributed by atoms with Crippen molar-refractivity contribution < 1.29 is 23.8 Å². The van der Waals surface area contributed by atoms with E-state index in [1.165, 1.54) is 11.3 Å². The Morgan fingerprint density at radius 2 is 1.83 bits per heavy atom. The van der Waals surface area contributed by atoms with Gasteiger partial charge in [-0.05, 0) is 43.3 Å². The third-order valence-corrected chi connectivity index (χ3v) is 6.31. The Labute approximate surface area is 212 Å². The Balaban J connectivity index is 1.61. The van der Waals surface area contributed by atoms with Crippen LogP contribution in [0.3, 0.4) is 0 Å². The monoisotopic (exact) mass is 494 g/mol. The number of ether oxygens (including phenoxy) is 3. The lowest BCUT2D eigenvalue weighted by atomic mass is 9.95. The number of likely N-dealkylation sites (N-methyl/N-ethyl adjacent to an activating group) is 1. The van der Waals surface area contributed by atoms with Crippen molar-refractivity contribution in [1.29, 1.82) is 0 Å². The van der Waals surface area contributed by atoms with E-state index in [4.69, 9.17) is 14.2 Å². The molecule has 0 radical (unpaired) electrons. The standard InChI is InChI=1S/C27H34N4O5/c1-4-36-26(32)24-22(28-27(33)29-25(24)19-9-11-21(34-3)12-10-19)18-30(2)17-20-7-5-6-8-23(20)31-13-15-35-16-14-31/h5-12,25H,4,13-18H2,1-3H3,(H2,28,29,33)/t25-/m0/s1. The summed E-state index contributed by atoms with van der Waals surface area (Å²) in [5, 5.41) is 5.74. The Kier molecular flexibility index (Phi) is 8.45. The highest BCUT2D eigenvalue weighted by molar-refractivity contribution is 5.95. The summed E-state index contributed by atoms with van der Waals surface area (Å²) in [5.74, 6) is 0.238. The van der Waals surface area contributed by atoms with Gasteiger partial charge in [-0.1, -0.05) is 30.3 Å². The summed E-state index contributed by atoms with van der Waals surface area (Å²) in [5.41, 5.74) is 4.05. The molecular formula is C27H34N4O5. The number of para-hydroxylation sites is 1. The minimum Gasteiger partial charge on any atom is -0.497 e. The number of hydrogen-bond acceptors (Lipinski definition) is 7. The van der Waals surface area contributed by atoms with E-state index in [1.54, 1.807) is 26.2 Å². The molecule has 1 fully saturated rings. The predicted octanol–water partition coefficient (Wildman–Crippen LogP) is 2.83. The van der Waals surface area contributed by atoms with Crippen LogP contribution in [0.25, 0.3) is 0 Å². The molecule has 36 heavy (non-hydrogen) atoms. The molecule has 2 N–H and O–H groups in total. The number of nitrogens with zero attached hydrogens (tertiary/aromatic N) is 2. The van der Waals surface area contributed by atoms with Gasteiger partial charge in [0.25, 0.3) is 0 Å². The van der Waals surface area contributed by atoms with Crippen molar-refractivity contribution in [3.8, 4) is 5.75 Å². The van der Waals surface area contributed by atoms with Crippen LogP contribution in [0.4, 0.5) is 10.5 Å². The Morgan fingerprint density at radius 3 is 2.53 bits per heavy atom. The van der Waals surface area contributed by atoms with Crippen molar-refractivity contribution in [3.05, 3.63) is 70.9 Å². The van der Waals surface area contributed by atoms with Crippen molar-refractivity contribution in [1.82, 2.24) is 15.5 Å². The first kappa shape index (κ1) is 25.5. The van der Waals surface area contributed by atoms with Crippen molar-refractivity contribution in [3.63, 3.8) is 0 Å². The van der Waals surface area contributed by atoms with Crippen molar-refractivity contribution in [2.24, 2.45) is 0 Å². The van der Waals surface area contributed by atoms with Crippen LogP contribution in [0.1, 0.15) is 24.1 Å². The third-order valence-electron chi connectivity index (χ3n) is 6.31. The number of carbonyl (C=O) groups is 2. The van der Waals surface area contributed by atoms with Gasteiger partial charge in [0.1, 0.15) is 5.75 Å². The highest BCUT2D eigenvalue weighted by Gasteiger charge is 2.34. The Morgan fingerprint density at radius 1 is 1.11 bits per heavy atom. The van der Waals surface area contributed by atoms with Gasteiger partial charge in [-0.15, -0.1) is 0 Å². The number of carbonyl (C=O) groups excluding carboxylic acids is 2. The van der Waals surface area contributed by atoms with Crippen molar-refractivity contribution in [2.75, 3.05) is 58.5 Å². The molecule has 0 saturated carbocycles. The maximum atomic E-state index is 13.1. The van der Waals surface area contributed by atoms with E-state index in [2.05, 4.69) is 32.6 Å². The minimum absolute atomic E-state index is 0.238. The SMILES string of the molecule is CCOC(=O)C1=C(CN(C)Cc2ccccc2N2CCOCC2)NC(=O)N[C@H]1c1ccc(OC)cc1. The Hall–Kier alpha value is -3.56. The molecule has 0 aromatic heterocycles. The van der Waals surface area contributed by atoms with Gasteiger partial charge in [0.05, 0.1) is 38.5 Å². The van der Waals surface area contributed by atoms with Gasteiger partial charge in [-0.3, -0.25) is 4.90 Å². The van der Waals surface area contributed by atoms with E-state index >= 15 is 0 Å². The molecule has 1 atom stereocenters. The van der Waals surface area contributed by atoms with Gasteiger partial charge in [0, 0.05) is 37.6 Å². The predicted molar refractivity (Wildman–Crippen MR) is 137 cm³/mol. The number of amides is 2. The number of methoxy groups -OCH3 is 1. The van der Waals surface area contributed by atoms with Crippen LogP contribution in [0.5, 0.6) is 5.75 Å². The first-order chi connectivity index (χ1) is 17.5. The van der Waals surface area contributed by atoms with Crippen LogP contribution in [0.2, 0.25) is 0 Å². The number of esters is 1. The summed E-state index contributed by atoms with van der Waals surface area (Å²) in [6.45, 7) is 6.15. The van der Waals surface area contributed by atoms with Gasteiger partial charge >= 0.3 is 12.0 Å². The molecule has 4 rings (SSSR count). The maximum absolute atomic E-state index is 13.1. The highest BCUT2D eigenvalue weighted by Crippen LogP contribution is 2.30. The van der Waals surface area contributed by atoms with Gasteiger partial charge < -0.3 is 29.7 Å². The van der Waals surface area contributed by atoms with Crippen LogP contribution < -0.4 is 20.3 Å². The lowest BCUT2D eigenvalue weighted by molar-refractivity contribution is -0.139. The molecule has 2 heterocycles. The molecule has 2 amide bonds. The fraction of sp³-hybridized carbons (Fsp3) is 0.407. The quantitative estimate of drug-likeness (QED) is 0.518. The summed E-state index contributed by atoms with van der Waals surface area (Å²) in [6.07, 6.45) is 0. The summed E-state index contributed by atoms with van der Waals surface area (Å²) in [7, 11) is 3.57. The molecule has 2 aromatic rings. The third kappa shape index (κ3) is 5.98. The first-order valence-corrected chi connectivity index (χ1v) is 12.2. The van der Waals surface area contributed by atoms with Crippen LogP contribution in [0.15, 0.2) is 59.8 Å². The van der Waals surface area contributed by atoms with Gasteiger partial charge in [-0.2, -0.15) is 0 Å². The molecule has 2 aliphatic rings. The van der Waals surface area contributed by atoms with E-state index in [9.17, 15) is 9.59 Å². The van der Waals surface area contributed by atoms with Crippen LogP contribution in [-0.2, 0) is 20.8 Å². The largest absolute Gasteiger partial charge is 0.497 e. The zero-order valence-corrected chi connectivity index (χ0v) is 21.1. The average molecular weight is 495 g/mol. The lowest BCUT2D eigenvalue weighted by Crippen LogP contribution is -2.48. The van der Waals surface area contributed by atoms with E-state index in [0.29, 0.717) is 43.3 Å². The molecule has 0 aliphatic carbocycles. The number of benzene rings is 2. The smallest absolute Gasteiger partial charge is 0.338 e. The zero-order chi connectivity index (χ0) is 25.5. The van der Waals surface area contributed by atoms with Gasteiger partial charge in [0.2, 0.25) is 0 Å². The van der Waals surface area contributed by atoms with Gasteiger partial charge in [0.15, 0.2) is 0 Å². The molecule has 9 nitrogen and oxygen atoms in total. The molecule has 0 bridgehead atoms. The molecule has 9 heteroatoms. The van der Waals surface area contributed by atoms with Crippen LogP contribution in [0, 0.1) is 0 Å². The van der Waals surface area contributed by atoms with Gasteiger partial charge in [-0.25, -0.2) is 9.59 Å². The van der Waals surface area contributed by atoms with E-state index in [1.807, 2.05) is 31.3 Å². The molecule has 0 spiro atoms. The van der Waals surface area contributed by atoms with Crippen molar-refractivity contribution >= 4 is 17.7 Å². The minimum atomic E-state index is -0.632. The first-order valence-electron chi connectivity index (χ1n) is 12.2. The number of urea groups is 1. The van der Waals surface area contributed by atoms with Crippen LogP contribution in [-0.4, -0.2) is 70.5 Å². The highest BCUT2D eigenvalue weighted by atomic mass is 16.5. The Bertz CT molecular complexity index is 1100.